The van der Waals surface area contributed by atoms with Gasteiger partial charge in [0.2, 0.25) is 5.91 Å². The summed E-state index contributed by atoms with van der Waals surface area (Å²) in [5.74, 6) is -0.215. The summed E-state index contributed by atoms with van der Waals surface area (Å²) in [5.41, 5.74) is -0.0876. The molecule has 134 valence electrons. The number of sulfone groups is 1. The van der Waals surface area contributed by atoms with Gasteiger partial charge in [0.05, 0.1) is 4.90 Å². The Bertz CT molecular complexity index is 829. The Morgan fingerprint density at radius 1 is 1.20 bits per heavy atom. The fourth-order valence-corrected chi connectivity index (χ4v) is 3.98. The van der Waals surface area contributed by atoms with Crippen molar-refractivity contribution in [1.82, 2.24) is 10.3 Å². The van der Waals surface area contributed by atoms with Crippen LogP contribution >= 0.6 is 11.6 Å². The van der Waals surface area contributed by atoms with Crippen LogP contribution in [0.1, 0.15) is 31.6 Å². The summed E-state index contributed by atoms with van der Waals surface area (Å²) in [5, 5.41) is 2.26. The van der Waals surface area contributed by atoms with Gasteiger partial charge in [0.25, 0.3) is 0 Å². The minimum absolute atomic E-state index is 0.0350. The number of pyridine rings is 1. The number of benzene rings is 1. The van der Waals surface area contributed by atoms with E-state index in [9.17, 15) is 13.2 Å². The highest BCUT2D eigenvalue weighted by atomic mass is 35.5. The highest BCUT2D eigenvalue weighted by molar-refractivity contribution is 7.91. The molecule has 1 atom stereocenters. The standard InChI is InChI=1S/C18H21ClN2O3S/c1-18(2,3)17(22)21-12-16(13-5-4-10-20-11-13)25(23,24)15-8-6-14(19)7-9-15/h4-11,16H,12H2,1-3H3,(H,21,22)/t16-/m1/s1. The van der Waals surface area contributed by atoms with E-state index in [2.05, 4.69) is 10.3 Å². The molecule has 1 aromatic heterocycles. The minimum atomic E-state index is -3.73. The first kappa shape index (κ1) is 19.4. The van der Waals surface area contributed by atoms with Gasteiger partial charge in [0.1, 0.15) is 5.25 Å². The molecular formula is C18H21ClN2O3S. The molecule has 0 aliphatic heterocycles. The van der Waals surface area contributed by atoms with Gasteiger partial charge in [0, 0.05) is 29.4 Å². The van der Waals surface area contributed by atoms with Crippen LogP contribution in [-0.4, -0.2) is 25.9 Å². The maximum Gasteiger partial charge on any atom is 0.225 e. The summed E-state index contributed by atoms with van der Waals surface area (Å²) in [6, 6.07) is 9.35. The topological polar surface area (TPSA) is 76.1 Å². The Kier molecular flexibility index (Phi) is 5.85. The lowest BCUT2D eigenvalue weighted by Crippen LogP contribution is -2.38. The maximum atomic E-state index is 13.1. The van der Waals surface area contributed by atoms with Crippen LogP contribution in [0.25, 0.3) is 0 Å². The minimum Gasteiger partial charge on any atom is -0.354 e. The summed E-state index contributed by atoms with van der Waals surface area (Å²) in [6.45, 7) is 5.28. The second kappa shape index (κ2) is 7.54. The molecule has 0 aliphatic carbocycles. The van der Waals surface area contributed by atoms with Gasteiger partial charge in [-0.25, -0.2) is 8.42 Å². The lowest BCUT2D eigenvalue weighted by molar-refractivity contribution is -0.128. The zero-order valence-electron chi connectivity index (χ0n) is 14.4. The SMILES string of the molecule is CC(C)(C)C(=O)NC[C@H](c1cccnc1)S(=O)(=O)c1ccc(Cl)cc1. The number of amides is 1. The van der Waals surface area contributed by atoms with Crippen LogP contribution in [0.2, 0.25) is 5.02 Å². The van der Waals surface area contributed by atoms with Crippen LogP contribution in [0.3, 0.4) is 0 Å². The second-order valence-corrected chi connectivity index (χ2v) is 9.30. The third kappa shape index (κ3) is 4.80. The molecule has 0 saturated heterocycles. The van der Waals surface area contributed by atoms with Crippen LogP contribution in [0.4, 0.5) is 0 Å². The van der Waals surface area contributed by atoms with Gasteiger partial charge in [-0.1, -0.05) is 38.4 Å². The first-order valence-corrected chi connectivity index (χ1v) is 9.72. The highest BCUT2D eigenvalue weighted by Crippen LogP contribution is 2.29. The van der Waals surface area contributed by atoms with Crippen molar-refractivity contribution in [3.8, 4) is 0 Å². The molecule has 0 fully saturated rings. The van der Waals surface area contributed by atoms with E-state index in [1.54, 1.807) is 39.1 Å². The van der Waals surface area contributed by atoms with Crippen LogP contribution in [0.5, 0.6) is 0 Å². The zero-order valence-corrected chi connectivity index (χ0v) is 15.9. The smallest absolute Gasteiger partial charge is 0.225 e. The Labute approximate surface area is 153 Å². The Balaban J connectivity index is 2.38. The van der Waals surface area contributed by atoms with Gasteiger partial charge in [-0.3, -0.25) is 9.78 Å². The molecule has 0 aliphatic rings. The average Bonchev–Trinajstić information content (AvgIpc) is 2.55. The van der Waals surface area contributed by atoms with Gasteiger partial charge in [-0.2, -0.15) is 0 Å². The average molecular weight is 381 g/mol. The third-order valence-electron chi connectivity index (χ3n) is 3.70. The van der Waals surface area contributed by atoms with Crippen LogP contribution in [-0.2, 0) is 14.6 Å². The molecule has 2 rings (SSSR count). The van der Waals surface area contributed by atoms with E-state index in [1.807, 2.05) is 0 Å². The van der Waals surface area contributed by atoms with Crippen molar-refractivity contribution in [2.45, 2.75) is 30.9 Å². The first-order chi connectivity index (χ1) is 11.6. The van der Waals surface area contributed by atoms with Gasteiger partial charge < -0.3 is 5.32 Å². The van der Waals surface area contributed by atoms with Crippen LogP contribution < -0.4 is 5.32 Å². The number of hydrogen-bond donors (Lipinski definition) is 1. The van der Waals surface area contributed by atoms with E-state index in [-0.39, 0.29) is 17.3 Å². The molecule has 25 heavy (non-hydrogen) atoms. The molecule has 2 aromatic rings. The molecule has 1 amide bonds. The predicted molar refractivity (Wildman–Crippen MR) is 98.1 cm³/mol. The van der Waals surface area contributed by atoms with E-state index < -0.39 is 20.5 Å². The number of hydrogen-bond acceptors (Lipinski definition) is 4. The summed E-state index contributed by atoms with van der Waals surface area (Å²) in [4.78, 5) is 16.3. The highest BCUT2D eigenvalue weighted by Gasteiger charge is 2.31. The largest absolute Gasteiger partial charge is 0.354 e. The fraction of sp³-hybridized carbons (Fsp3) is 0.333. The van der Waals surface area contributed by atoms with Crippen molar-refractivity contribution < 1.29 is 13.2 Å². The quantitative estimate of drug-likeness (QED) is 0.862. The molecular weight excluding hydrogens is 360 g/mol. The molecule has 1 N–H and O–H groups in total. The lowest BCUT2D eigenvalue weighted by Gasteiger charge is -2.22. The summed E-state index contributed by atoms with van der Waals surface area (Å²) in [7, 11) is -3.73. The van der Waals surface area contributed by atoms with Gasteiger partial charge in [-0.05, 0) is 35.9 Å². The van der Waals surface area contributed by atoms with Crippen molar-refractivity contribution in [3.63, 3.8) is 0 Å². The van der Waals surface area contributed by atoms with Crippen molar-refractivity contribution in [2.24, 2.45) is 5.41 Å². The van der Waals surface area contributed by atoms with E-state index >= 15 is 0 Å². The number of aromatic nitrogens is 1. The molecule has 1 aromatic carbocycles. The van der Waals surface area contributed by atoms with Gasteiger partial charge in [-0.15, -0.1) is 0 Å². The van der Waals surface area contributed by atoms with Gasteiger partial charge in [0.15, 0.2) is 9.84 Å². The molecule has 0 unspecified atom stereocenters. The van der Waals surface area contributed by atoms with Gasteiger partial charge >= 0.3 is 0 Å². The summed E-state index contributed by atoms with van der Waals surface area (Å²) < 4.78 is 26.2. The number of rotatable bonds is 5. The Morgan fingerprint density at radius 2 is 1.84 bits per heavy atom. The van der Waals surface area contributed by atoms with Crippen molar-refractivity contribution in [2.75, 3.05) is 6.54 Å². The summed E-state index contributed by atoms with van der Waals surface area (Å²) in [6.07, 6.45) is 3.07. The number of halogens is 1. The van der Waals surface area contributed by atoms with E-state index in [1.165, 1.54) is 30.5 Å². The van der Waals surface area contributed by atoms with Crippen LogP contribution in [0.15, 0.2) is 53.7 Å². The van der Waals surface area contributed by atoms with Crippen LogP contribution in [0, 0.1) is 5.41 Å². The summed E-state index contributed by atoms with van der Waals surface area (Å²) >= 11 is 5.85. The molecule has 1 heterocycles. The number of nitrogens with one attached hydrogen (secondary N) is 1. The van der Waals surface area contributed by atoms with Crippen molar-refractivity contribution in [1.29, 1.82) is 0 Å². The fourth-order valence-electron chi connectivity index (χ4n) is 2.21. The monoisotopic (exact) mass is 380 g/mol. The van der Waals surface area contributed by atoms with E-state index in [4.69, 9.17) is 11.6 Å². The molecule has 7 heteroatoms. The Hall–Kier alpha value is -1.92. The molecule has 0 radical (unpaired) electrons. The normalized spacial score (nSPS) is 13.3. The first-order valence-electron chi connectivity index (χ1n) is 7.80. The van der Waals surface area contributed by atoms with Crippen molar-refractivity contribution >= 4 is 27.3 Å². The number of carbonyl (C=O) groups excluding carboxylic acids is 1. The Morgan fingerprint density at radius 3 is 2.36 bits per heavy atom. The zero-order chi connectivity index (χ0) is 18.7. The number of nitrogens with zero attached hydrogens (tertiary/aromatic N) is 1. The van der Waals surface area contributed by atoms with Crippen molar-refractivity contribution in [3.05, 3.63) is 59.4 Å². The molecule has 0 saturated carbocycles. The molecule has 0 bridgehead atoms. The predicted octanol–water partition coefficient (Wildman–Crippen LogP) is 3.41. The van der Waals surface area contributed by atoms with E-state index in [0.29, 0.717) is 10.6 Å². The van der Waals surface area contributed by atoms with E-state index in [0.717, 1.165) is 0 Å². The molecule has 0 spiro atoms. The lowest BCUT2D eigenvalue weighted by atomic mass is 9.95. The third-order valence-corrected chi connectivity index (χ3v) is 6.07. The number of carbonyl (C=O) groups is 1. The second-order valence-electron chi connectivity index (χ2n) is 6.73. The molecule has 5 nitrogen and oxygen atoms in total. The maximum absolute atomic E-state index is 13.1.